The van der Waals surface area contributed by atoms with Crippen LogP contribution in [0.2, 0.25) is 0 Å². The van der Waals surface area contributed by atoms with Crippen LogP contribution in [-0.2, 0) is 0 Å². The molecule has 2 aromatic rings. The second-order valence-electron chi connectivity index (χ2n) is 6.25. The smallest absolute Gasteiger partial charge is 0.168 e. The van der Waals surface area contributed by atoms with Crippen LogP contribution in [0.25, 0.3) is 6.08 Å². The molecule has 0 radical (unpaired) electrons. The lowest BCUT2D eigenvalue weighted by molar-refractivity contribution is 0.0489. The molecule has 0 saturated carbocycles. The zero-order valence-corrected chi connectivity index (χ0v) is 14.0. The molecule has 0 aliphatic carbocycles. The van der Waals surface area contributed by atoms with Crippen LogP contribution in [-0.4, -0.2) is 16.2 Å². The van der Waals surface area contributed by atoms with Crippen LogP contribution in [0.1, 0.15) is 32.8 Å². The first-order valence-electron chi connectivity index (χ1n) is 7.76. The highest BCUT2D eigenvalue weighted by Gasteiger charge is 2.31. The quantitative estimate of drug-likeness (QED) is 0.787. The van der Waals surface area contributed by atoms with Gasteiger partial charge in [0.1, 0.15) is 17.7 Å². The maximum atomic E-state index is 13.9. The van der Waals surface area contributed by atoms with Crippen LogP contribution in [0.4, 0.5) is 8.78 Å². The number of halogens is 2. The van der Waals surface area contributed by atoms with Gasteiger partial charge in [-0.1, -0.05) is 26.8 Å². The highest BCUT2D eigenvalue weighted by molar-refractivity contribution is 5.52. The lowest BCUT2D eigenvalue weighted by atomic mass is 9.82. The summed E-state index contributed by atoms with van der Waals surface area (Å²) in [5, 5.41) is 10.7. The van der Waals surface area contributed by atoms with Crippen molar-refractivity contribution in [3.8, 4) is 5.75 Å². The van der Waals surface area contributed by atoms with Gasteiger partial charge in [-0.25, -0.2) is 8.78 Å². The molecule has 3 nitrogen and oxygen atoms in total. The number of hydrogen-bond donors (Lipinski definition) is 1. The van der Waals surface area contributed by atoms with E-state index in [1.54, 1.807) is 30.6 Å². The van der Waals surface area contributed by atoms with Gasteiger partial charge in [-0.15, -0.1) is 0 Å². The lowest BCUT2D eigenvalue weighted by Gasteiger charge is -2.30. The number of rotatable bonds is 6. The molecule has 0 amide bonds. The zero-order chi connectivity index (χ0) is 17.7. The molecular weight excluding hydrogens is 312 g/mol. The highest BCUT2D eigenvalue weighted by Crippen LogP contribution is 2.32. The van der Waals surface area contributed by atoms with Crippen molar-refractivity contribution in [3.63, 3.8) is 0 Å². The van der Waals surface area contributed by atoms with Crippen molar-refractivity contribution in [1.82, 2.24) is 4.98 Å². The molecule has 128 valence electrons. The number of hydrogen-bond acceptors (Lipinski definition) is 3. The summed E-state index contributed by atoms with van der Waals surface area (Å²) >= 11 is 0. The molecule has 0 fully saturated rings. The van der Waals surface area contributed by atoms with E-state index in [1.807, 2.05) is 20.8 Å². The van der Waals surface area contributed by atoms with Gasteiger partial charge < -0.3 is 9.84 Å². The molecule has 0 aliphatic heterocycles. The predicted molar refractivity (Wildman–Crippen MR) is 89.3 cm³/mol. The van der Waals surface area contributed by atoms with Crippen LogP contribution in [0.3, 0.4) is 0 Å². The first-order valence-corrected chi connectivity index (χ1v) is 7.76. The maximum absolute atomic E-state index is 13.9. The summed E-state index contributed by atoms with van der Waals surface area (Å²) in [4.78, 5) is 4.01. The molecule has 0 spiro atoms. The van der Waals surface area contributed by atoms with Crippen molar-refractivity contribution in [1.29, 1.82) is 0 Å². The molecule has 0 aliphatic rings. The minimum Gasteiger partial charge on any atom is -0.456 e. The maximum Gasteiger partial charge on any atom is 0.168 e. The SMILES string of the molecule is CCC(C)(C)C(O)C(=Cc1cccnc1)Oc1ccc(F)cc1F. The van der Waals surface area contributed by atoms with Crippen molar-refractivity contribution in [2.24, 2.45) is 5.41 Å². The van der Waals surface area contributed by atoms with E-state index >= 15 is 0 Å². The summed E-state index contributed by atoms with van der Waals surface area (Å²) in [6.45, 7) is 5.72. The number of aliphatic hydroxyl groups is 1. The Hall–Kier alpha value is -2.27. The van der Waals surface area contributed by atoms with Crippen molar-refractivity contribution in [3.05, 3.63) is 65.7 Å². The molecule has 5 heteroatoms. The number of ether oxygens (including phenoxy) is 1. The average Bonchev–Trinajstić information content (AvgIpc) is 2.56. The van der Waals surface area contributed by atoms with Gasteiger partial charge in [0.15, 0.2) is 11.6 Å². The normalized spacial score (nSPS) is 13.7. The number of pyridine rings is 1. The van der Waals surface area contributed by atoms with Crippen LogP contribution in [0, 0.1) is 17.0 Å². The van der Waals surface area contributed by atoms with Crippen LogP contribution < -0.4 is 4.74 Å². The Bertz CT molecular complexity index is 715. The fourth-order valence-electron chi connectivity index (χ4n) is 2.05. The first-order chi connectivity index (χ1) is 11.3. The number of aromatic nitrogens is 1. The summed E-state index contributed by atoms with van der Waals surface area (Å²) in [6.07, 6.45) is 4.57. The molecule has 1 unspecified atom stereocenters. The van der Waals surface area contributed by atoms with Crippen LogP contribution in [0.5, 0.6) is 5.75 Å². The summed E-state index contributed by atoms with van der Waals surface area (Å²) in [6, 6.07) is 6.60. The van der Waals surface area contributed by atoms with Gasteiger partial charge in [-0.3, -0.25) is 4.98 Å². The minimum atomic E-state index is -0.966. The Kier molecular flexibility index (Phi) is 5.67. The topological polar surface area (TPSA) is 42.4 Å². The Morgan fingerprint density at radius 2 is 2.08 bits per heavy atom. The highest BCUT2D eigenvalue weighted by atomic mass is 19.1. The van der Waals surface area contributed by atoms with E-state index < -0.39 is 23.2 Å². The molecule has 1 aromatic carbocycles. The number of benzene rings is 1. The van der Waals surface area contributed by atoms with E-state index in [0.717, 1.165) is 12.1 Å². The predicted octanol–water partition coefficient (Wildman–Crippen LogP) is 4.58. The zero-order valence-electron chi connectivity index (χ0n) is 14.0. The molecular formula is C19H21F2NO2. The largest absolute Gasteiger partial charge is 0.456 e. The summed E-state index contributed by atoms with van der Waals surface area (Å²) < 4.78 is 32.6. The molecule has 1 aromatic heterocycles. The van der Waals surface area contributed by atoms with Gasteiger partial charge >= 0.3 is 0 Å². The fourth-order valence-corrected chi connectivity index (χ4v) is 2.05. The van der Waals surface area contributed by atoms with Gasteiger partial charge in [0.05, 0.1) is 0 Å². The van der Waals surface area contributed by atoms with E-state index in [4.69, 9.17) is 4.74 Å². The Morgan fingerprint density at radius 1 is 1.33 bits per heavy atom. The Morgan fingerprint density at radius 3 is 2.67 bits per heavy atom. The second-order valence-corrected chi connectivity index (χ2v) is 6.25. The third-order valence-corrected chi connectivity index (χ3v) is 4.04. The van der Waals surface area contributed by atoms with Gasteiger partial charge in [0, 0.05) is 18.5 Å². The van der Waals surface area contributed by atoms with Gasteiger partial charge in [0.25, 0.3) is 0 Å². The monoisotopic (exact) mass is 333 g/mol. The summed E-state index contributed by atoms with van der Waals surface area (Å²) in [5.74, 6) is -1.47. The molecule has 24 heavy (non-hydrogen) atoms. The van der Waals surface area contributed by atoms with Crippen LogP contribution in [0.15, 0.2) is 48.5 Å². The van der Waals surface area contributed by atoms with E-state index in [0.29, 0.717) is 12.0 Å². The van der Waals surface area contributed by atoms with Crippen molar-refractivity contribution in [2.75, 3.05) is 0 Å². The standard InChI is InChI=1S/C19H21F2NO2/c1-4-19(2,3)18(23)17(10-13-6-5-9-22-12-13)24-16-8-7-14(20)11-15(16)21/h5-12,18,23H,4H2,1-3H3. The molecule has 1 N–H and O–H groups in total. The van der Waals surface area contributed by atoms with Crippen molar-refractivity contribution in [2.45, 2.75) is 33.3 Å². The van der Waals surface area contributed by atoms with E-state index in [-0.39, 0.29) is 11.5 Å². The third-order valence-electron chi connectivity index (χ3n) is 4.04. The number of nitrogens with zero attached hydrogens (tertiary/aromatic N) is 1. The minimum absolute atomic E-state index is 0.141. The second kappa shape index (κ2) is 7.53. The number of aliphatic hydroxyl groups excluding tert-OH is 1. The van der Waals surface area contributed by atoms with Crippen molar-refractivity contribution < 1.29 is 18.6 Å². The Balaban J connectivity index is 2.41. The van der Waals surface area contributed by atoms with Gasteiger partial charge in [-0.05, 0) is 41.7 Å². The molecule has 2 rings (SSSR count). The van der Waals surface area contributed by atoms with E-state index in [1.165, 1.54) is 6.07 Å². The third kappa shape index (κ3) is 4.38. The van der Waals surface area contributed by atoms with Crippen molar-refractivity contribution >= 4 is 6.08 Å². The van der Waals surface area contributed by atoms with E-state index in [2.05, 4.69) is 4.98 Å². The first kappa shape index (κ1) is 18.1. The Labute approximate surface area is 140 Å². The molecule has 0 bridgehead atoms. The van der Waals surface area contributed by atoms with Gasteiger partial charge in [-0.2, -0.15) is 0 Å². The fraction of sp³-hybridized carbons (Fsp3) is 0.316. The molecule has 1 heterocycles. The molecule has 1 atom stereocenters. The lowest BCUT2D eigenvalue weighted by Crippen LogP contribution is -2.32. The van der Waals surface area contributed by atoms with Gasteiger partial charge in [0.2, 0.25) is 0 Å². The van der Waals surface area contributed by atoms with Crippen LogP contribution >= 0.6 is 0 Å². The summed E-state index contributed by atoms with van der Waals surface area (Å²) in [7, 11) is 0. The van der Waals surface area contributed by atoms with E-state index in [9.17, 15) is 13.9 Å². The molecule has 0 saturated heterocycles. The average molecular weight is 333 g/mol. The summed E-state index contributed by atoms with van der Waals surface area (Å²) in [5.41, 5.74) is 0.228.